The van der Waals surface area contributed by atoms with Crippen LogP contribution >= 0.6 is 0 Å². The number of hydrogen-bond donors (Lipinski definition) is 0. The van der Waals surface area contributed by atoms with Gasteiger partial charge in [0.05, 0.1) is 12.8 Å². The molecule has 0 saturated heterocycles. The van der Waals surface area contributed by atoms with Crippen LogP contribution in [0.1, 0.15) is 41.0 Å². The molecular formula is C15H30N2O3. The maximum Gasteiger partial charge on any atom is 0.411 e. The molecule has 0 heterocycles. The van der Waals surface area contributed by atoms with Crippen LogP contribution in [0.5, 0.6) is 0 Å². The molecule has 0 rings (SSSR count). The summed E-state index contributed by atoms with van der Waals surface area (Å²) in [6.07, 6.45) is 0.491. The number of methoxy groups -OCH3 is 1. The van der Waals surface area contributed by atoms with E-state index in [9.17, 15) is 4.79 Å². The normalized spacial score (nSPS) is 12.8. The Morgan fingerprint density at radius 3 is 2.30 bits per heavy atom. The molecule has 118 valence electrons. The molecule has 0 bridgehead atoms. The number of rotatable bonds is 7. The first-order valence-electron chi connectivity index (χ1n) is 7.03. The molecule has 5 nitrogen and oxygen atoms in total. The summed E-state index contributed by atoms with van der Waals surface area (Å²) in [5.74, 6) is 0. The van der Waals surface area contributed by atoms with E-state index < -0.39 is 5.60 Å². The van der Waals surface area contributed by atoms with E-state index in [1.54, 1.807) is 12.0 Å². The third kappa shape index (κ3) is 6.80. The van der Waals surface area contributed by atoms with Gasteiger partial charge in [-0.1, -0.05) is 13.5 Å². The van der Waals surface area contributed by atoms with Crippen molar-refractivity contribution in [2.24, 2.45) is 0 Å². The maximum absolute atomic E-state index is 12.2. The number of likely N-dealkylation sites (N-methyl/N-ethyl adjacent to an activating group) is 1. The summed E-state index contributed by atoms with van der Waals surface area (Å²) in [7, 11) is 3.53. The number of carbonyl (C=O) groups excluding carboxylic acids is 1. The highest BCUT2D eigenvalue weighted by atomic mass is 16.6. The van der Waals surface area contributed by atoms with Gasteiger partial charge in [0, 0.05) is 26.4 Å². The minimum Gasteiger partial charge on any atom is -0.444 e. The summed E-state index contributed by atoms with van der Waals surface area (Å²) in [6, 6.07) is 0. The molecule has 0 N–H and O–H groups in total. The lowest BCUT2D eigenvalue weighted by Gasteiger charge is -2.33. The molecule has 0 aliphatic carbocycles. The van der Waals surface area contributed by atoms with Crippen LogP contribution in [0.25, 0.3) is 0 Å². The summed E-state index contributed by atoms with van der Waals surface area (Å²) in [4.78, 5) is 15.8. The van der Waals surface area contributed by atoms with Crippen molar-refractivity contribution in [3.05, 3.63) is 12.3 Å². The van der Waals surface area contributed by atoms with Crippen LogP contribution < -0.4 is 0 Å². The summed E-state index contributed by atoms with van der Waals surface area (Å²) in [5.41, 5.74) is 0.343. The average Bonchev–Trinajstić information content (AvgIpc) is 2.34. The van der Waals surface area contributed by atoms with Gasteiger partial charge in [0.15, 0.2) is 0 Å². The predicted molar refractivity (Wildman–Crippen MR) is 81.5 cm³/mol. The number of amides is 1. The third-order valence-corrected chi connectivity index (χ3v) is 2.84. The van der Waals surface area contributed by atoms with Gasteiger partial charge in [-0.3, -0.25) is 4.90 Å². The van der Waals surface area contributed by atoms with E-state index in [4.69, 9.17) is 9.47 Å². The molecule has 0 spiro atoms. The Balaban J connectivity index is 4.69. The highest BCUT2D eigenvalue weighted by molar-refractivity contribution is 5.68. The van der Waals surface area contributed by atoms with Gasteiger partial charge in [-0.05, 0) is 34.1 Å². The lowest BCUT2D eigenvalue weighted by Crippen LogP contribution is -2.43. The predicted octanol–water partition coefficient (Wildman–Crippen LogP) is 3.07. The minimum absolute atomic E-state index is 0.0814. The van der Waals surface area contributed by atoms with Gasteiger partial charge >= 0.3 is 6.09 Å². The highest BCUT2D eigenvalue weighted by Crippen LogP contribution is 2.13. The SMILES string of the molecule is C=C([C@H](C)OC)N(C)CN(CCC)C(=O)OC(C)(C)C. The van der Waals surface area contributed by atoms with Crippen LogP contribution in [0.3, 0.4) is 0 Å². The number of ether oxygens (including phenoxy) is 2. The standard InChI is InChI=1S/C15H30N2O3/c1-9-10-17(14(18)20-15(4,5)6)11-16(7)12(2)13(3)19-8/h13H,2,9-11H2,1,3-8H3/t13-/m0/s1. The summed E-state index contributed by atoms with van der Waals surface area (Å²) >= 11 is 0. The molecule has 0 saturated carbocycles. The minimum atomic E-state index is -0.488. The Labute approximate surface area is 123 Å². The molecule has 0 aliphatic heterocycles. The van der Waals surface area contributed by atoms with Crippen molar-refractivity contribution in [2.45, 2.75) is 52.7 Å². The molecule has 0 aromatic rings. The lowest BCUT2D eigenvalue weighted by molar-refractivity contribution is 0.0148. The van der Waals surface area contributed by atoms with Crippen LogP contribution in [0.2, 0.25) is 0 Å². The average molecular weight is 286 g/mol. The van der Waals surface area contributed by atoms with Crippen LogP contribution in [-0.4, -0.2) is 55.0 Å². The van der Waals surface area contributed by atoms with Crippen molar-refractivity contribution in [1.29, 1.82) is 0 Å². The fraction of sp³-hybridized carbons (Fsp3) is 0.800. The molecule has 0 unspecified atom stereocenters. The zero-order chi connectivity index (χ0) is 15.9. The number of carbonyl (C=O) groups is 1. The van der Waals surface area contributed by atoms with Crippen molar-refractivity contribution in [2.75, 3.05) is 27.4 Å². The van der Waals surface area contributed by atoms with Gasteiger partial charge in [-0.2, -0.15) is 0 Å². The first-order chi connectivity index (χ1) is 9.12. The molecule has 1 atom stereocenters. The quantitative estimate of drug-likeness (QED) is 0.675. The van der Waals surface area contributed by atoms with Crippen molar-refractivity contribution >= 4 is 6.09 Å². The summed E-state index contributed by atoms with van der Waals surface area (Å²) in [6.45, 7) is 14.6. The van der Waals surface area contributed by atoms with Gasteiger partial charge in [0.1, 0.15) is 5.60 Å². The van der Waals surface area contributed by atoms with Gasteiger partial charge < -0.3 is 14.4 Å². The smallest absolute Gasteiger partial charge is 0.411 e. The van der Waals surface area contributed by atoms with Gasteiger partial charge in [-0.15, -0.1) is 0 Å². The molecule has 5 heteroatoms. The van der Waals surface area contributed by atoms with Crippen LogP contribution in [0.4, 0.5) is 4.79 Å². The third-order valence-electron chi connectivity index (χ3n) is 2.84. The van der Waals surface area contributed by atoms with Gasteiger partial charge in [-0.25, -0.2) is 4.79 Å². The Kier molecular flexibility index (Phi) is 7.64. The molecule has 0 aromatic heterocycles. The number of nitrogens with zero attached hydrogens (tertiary/aromatic N) is 2. The van der Waals surface area contributed by atoms with Crippen molar-refractivity contribution in [3.63, 3.8) is 0 Å². The molecule has 0 aromatic carbocycles. The van der Waals surface area contributed by atoms with E-state index in [0.717, 1.165) is 12.1 Å². The van der Waals surface area contributed by atoms with Crippen LogP contribution in [0.15, 0.2) is 12.3 Å². The van der Waals surface area contributed by atoms with E-state index in [-0.39, 0.29) is 12.2 Å². The van der Waals surface area contributed by atoms with Crippen LogP contribution in [0, 0.1) is 0 Å². The summed E-state index contributed by atoms with van der Waals surface area (Å²) < 4.78 is 10.7. The topological polar surface area (TPSA) is 42.0 Å². The van der Waals surface area contributed by atoms with Gasteiger partial charge in [0.25, 0.3) is 0 Å². The molecule has 0 aliphatic rings. The Morgan fingerprint density at radius 2 is 1.90 bits per heavy atom. The second kappa shape index (κ2) is 8.15. The van der Waals surface area contributed by atoms with Crippen molar-refractivity contribution < 1.29 is 14.3 Å². The molecule has 0 radical (unpaired) electrons. The van der Waals surface area contributed by atoms with E-state index >= 15 is 0 Å². The Morgan fingerprint density at radius 1 is 1.35 bits per heavy atom. The van der Waals surface area contributed by atoms with Crippen LogP contribution in [-0.2, 0) is 9.47 Å². The number of hydrogen-bond acceptors (Lipinski definition) is 4. The van der Waals surface area contributed by atoms with E-state index in [1.807, 2.05) is 46.6 Å². The van der Waals surface area contributed by atoms with E-state index in [0.29, 0.717) is 13.2 Å². The molecule has 20 heavy (non-hydrogen) atoms. The van der Waals surface area contributed by atoms with Crippen molar-refractivity contribution in [1.82, 2.24) is 9.80 Å². The summed E-state index contributed by atoms with van der Waals surface area (Å²) in [5, 5.41) is 0. The van der Waals surface area contributed by atoms with Crippen molar-refractivity contribution in [3.8, 4) is 0 Å². The molecule has 1 amide bonds. The second-order valence-corrected chi connectivity index (χ2v) is 5.95. The largest absolute Gasteiger partial charge is 0.444 e. The first kappa shape index (κ1) is 18.8. The first-order valence-corrected chi connectivity index (χ1v) is 7.03. The Hall–Kier alpha value is -1.23. The van der Waals surface area contributed by atoms with E-state index in [1.165, 1.54) is 0 Å². The van der Waals surface area contributed by atoms with E-state index in [2.05, 4.69) is 6.58 Å². The lowest BCUT2D eigenvalue weighted by atomic mass is 10.2. The highest BCUT2D eigenvalue weighted by Gasteiger charge is 2.23. The fourth-order valence-corrected chi connectivity index (χ4v) is 1.61. The van der Waals surface area contributed by atoms with Gasteiger partial charge in [0.2, 0.25) is 0 Å². The Bertz CT molecular complexity index is 324. The maximum atomic E-state index is 12.2. The zero-order valence-corrected chi connectivity index (χ0v) is 14.0. The molecule has 0 fully saturated rings. The zero-order valence-electron chi connectivity index (χ0n) is 14.0. The molecular weight excluding hydrogens is 256 g/mol. The fourth-order valence-electron chi connectivity index (χ4n) is 1.61. The second-order valence-electron chi connectivity index (χ2n) is 5.95. The monoisotopic (exact) mass is 286 g/mol.